The molecule has 2 rings (SSSR count). The molecule has 0 aliphatic carbocycles. The van der Waals surface area contributed by atoms with E-state index in [1.165, 1.54) is 0 Å². The van der Waals surface area contributed by atoms with E-state index in [4.69, 9.17) is 4.74 Å². The highest BCUT2D eigenvalue weighted by Crippen LogP contribution is 2.35. The molecule has 0 atom stereocenters. The Morgan fingerprint density at radius 3 is 2.21 bits per heavy atom. The fourth-order valence-corrected chi connectivity index (χ4v) is 2.91. The van der Waals surface area contributed by atoms with Crippen molar-refractivity contribution in [1.29, 1.82) is 0 Å². The molecule has 0 spiro atoms. The second-order valence-corrected chi connectivity index (χ2v) is 5.49. The van der Waals surface area contributed by atoms with Gasteiger partial charge in [-0.25, -0.2) is 0 Å². The van der Waals surface area contributed by atoms with Gasteiger partial charge < -0.3 is 10.1 Å². The van der Waals surface area contributed by atoms with Gasteiger partial charge in [-0.05, 0) is 56.1 Å². The van der Waals surface area contributed by atoms with Crippen LogP contribution in [0.15, 0.2) is 51.4 Å². The molecule has 0 saturated carbocycles. The number of carbonyl (C=O) groups excluding carboxylic acids is 1. The first kappa shape index (κ1) is 14.1. The highest BCUT2D eigenvalue weighted by atomic mass is 79.9. The number of carbonyl (C=O) groups is 1. The Morgan fingerprint density at radius 2 is 1.68 bits per heavy atom. The summed E-state index contributed by atoms with van der Waals surface area (Å²) in [6.07, 6.45) is 0. The van der Waals surface area contributed by atoms with Gasteiger partial charge in [-0.15, -0.1) is 0 Å². The topological polar surface area (TPSA) is 38.3 Å². The van der Waals surface area contributed by atoms with Crippen molar-refractivity contribution in [2.24, 2.45) is 0 Å². The zero-order valence-corrected chi connectivity index (χ0v) is 13.3. The lowest BCUT2D eigenvalue weighted by Gasteiger charge is -2.11. The van der Waals surface area contributed by atoms with Crippen LogP contribution in [0.2, 0.25) is 0 Å². The SMILES string of the molecule is COc1cc(Br)c(NC(=O)c2ccccc2)c(Br)c1. The third kappa shape index (κ3) is 3.36. The Morgan fingerprint density at radius 1 is 1.11 bits per heavy atom. The van der Waals surface area contributed by atoms with Crippen LogP contribution >= 0.6 is 31.9 Å². The molecular weight excluding hydrogens is 374 g/mol. The zero-order valence-electron chi connectivity index (χ0n) is 10.1. The summed E-state index contributed by atoms with van der Waals surface area (Å²) in [5.41, 5.74) is 1.28. The molecule has 3 nitrogen and oxygen atoms in total. The fraction of sp³-hybridized carbons (Fsp3) is 0.0714. The van der Waals surface area contributed by atoms with E-state index in [1.807, 2.05) is 18.2 Å². The van der Waals surface area contributed by atoms with Crippen molar-refractivity contribution in [2.75, 3.05) is 12.4 Å². The summed E-state index contributed by atoms with van der Waals surface area (Å²) in [7, 11) is 1.59. The lowest BCUT2D eigenvalue weighted by molar-refractivity contribution is 0.102. The van der Waals surface area contributed by atoms with Crippen LogP contribution in [0.3, 0.4) is 0 Å². The van der Waals surface area contributed by atoms with Crippen LogP contribution < -0.4 is 10.1 Å². The van der Waals surface area contributed by atoms with Gasteiger partial charge in [-0.2, -0.15) is 0 Å². The van der Waals surface area contributed by atoms with Gasteiger partial charge >= 0.3 is 0 Å². The second-order valence-electron chi connectivity index (χ2n) is 3.79. The number of hydrogen-bond donors (Lipinski definition) is 1. The molecule has 98 valence electrons. The molecule has 2 aromatic rings. The van der Waals surface area contributed by atoms with Crippen molar-refractivity contribution in [3.63, 3.8) is 0 Å². The molecule has 0 aliphatic heterocycles. The molecule has 0 saturated heterocycles. The summed E-state index contributed by atoms with van der Waals surface area (Å²) in [5.74, 6) is 0.545. The molecule has 0 bridgehead atoms. The molecule has 0 aliphatic rings. The van der Waals surface area contributed by atoms with E-state index in [1.54, 1.807) is 31.4 Å². The third-order valence-electron chi connectivity index (χ3n) is 2.53. The quantitative estimate of drug-likeness (QED) is 0.847. The Balaban J connectivity index is 2.27. The van der Waals surface area contributed by atoms with Gasteiger partial charge in [0.25, 0.3) is 5.91 Å². The van der Waals surface area contributed by atoms with Crippen LogP contribution in [-0.2, 0) is 0 Å². The number of anilines is 1. The molecule has 2 aromatic carbocycles. The summed E-state index contributed by atoms with van der Waals surface area (Å²) in [4.78, 5) is 12.1. The molecule has 0 radical (unpaired) electrons. The summed E-state index contributed by atoms with van der Waals surface area (Å²) < 4.78 is 6.65. The molecule has 19 heavy (non-hydrogen) atoms. The van der Waals surface area contributed by atoms with E-state index in [0.29, 0.717) is 17.0 Å². The Labute approximate surface area is 128 Å². The van der Waals surface area contributed by atoms with Crippen LogP contribution in [0.25, 0.3) is 0 Å². The molecule has 0 unspecified atom stereocenters. The molecule has 5 heteroatoms. The van der Waals surface area contributed by atoms with Crippen LogP contribution in [0.1, 0.15) is 10.4 Å². The molecule has 0 heterocycles. The van der Waals surface area contributed by atoms with Crippen molar-refractivity contribution >= 4 is 43.5 Å². The molecule has 0 aromatic heterocycles. The first-order valence-electron chi connectivity index (χ1n) is 5.51. The summed E-state index contributed by atoms with van der Waals surface area (Å²) in [5, 5.41) is 2.86. The lowest BCUT2D eigenvalue weighted by Crippen LogP contribution is -2.12. The largest absolute Gasteiger partial charge is 0.497 e. The molecular formula is C14H11Br2NO2. The van der Waals surface area contributed by atoms with Crippen LogP contribution in [0.4, 0.5) is 5.69 Å². The molecule has 1 N–H and O–H groups in total. The van der Waals surface area contributed by atoms with E-state index in [2.05, 4.69) is 37.2 Å². The predicted octanol–water partition coefficient (Wildman–Crippen LogP) is 4.47. The van der Waals surface area contributed by atoms with Crippen molar-refractivity contribution < 1.29 is 9.53 Å². The lowest BCUT2D eigenvalue weighted by atomic mass is 10.2. The Kier molecular flexibility index (Phi) is 4.61. The average molecular weight is 385 g/mol. The minimum atomic E-state index is -0.160. The van der Waals surface area contributed by atoms with Gasteiger partial charge in [0.1, 0.15) is 5.75 Å². The van der Waals surface area contributed by atoms with Crippen molar-refractivity contribution in [2.45, 2.75) is 0 Å². The van der Waals surface area contributed by atoms with E-state index in [-0.39, 0.29) is 5.91 Å². The summed E-state index contributed by atoms with van der Waals surface area (Å²) in [6.45, 7) is 0. The standard InChI is InChI=1S/C14H11Br2NO2/c1-19-10-7-11(15)13(12(16)8-10)17-14(18)9-5-3-2-4-6-9/h2-8H,1H3,(H,17,18). The normalized spacial score (nSPS) is 10.1. The van der Waals surface area contributed by atoms with Crippen molar-refractivity contribution in [1.82, 2.24) is 0 Å². The number of benzene rings is 2. The van der Waals surface area contributed by atoms with Gasteiger partial charge in [-0.3, -0.25) is 4.79 Å². The number of rotatable bonds is 3. The minimum absolute atomic E-state index is 0.160. The highest BCUT2D eigenvalue weighted by molar-refractivity contribution is 9.11. The third-order valence-corrected chi connectivity index (χ3v) is 3.78. The van der Waals surface area contributed by atoms with Crippen LogP contribution in [0.5, 0.6) is 5.75 Å². The van der Waals surface area contributed by atoms with Gasteiger partial charge in [0.2, 0.25) is 0 Å². The summed E-state index contributed by atoms with van der Waals surface area (Å²) >= 11 is 6.83. The van der Waals surface area contributed by atoms with Gasteiger partial charge in [0.05, 0.1) is 12.8 Å². The number of methoxy groups -OCH3 is 1. The Hall–Kier alpha value is -1.33. The van der Waals surface area contributed by atoms with Crippen molar-refractivity contribution in [3.05, 3.63) is 57.0 Å². The van der Waals surface area contributed by atoms with E-state index in [0.717, 1.165) is 8.95 Å². The van der Waals surface area contributed by atoms with Crippen LogP contribution in [-0.4, -0.2) is 13.0 Å². The monoisotopic (exact) mass is 383 g/mol. The molecule has 1 amide bonds. The minimum Gasteiger partial charge on any atom is -0.497 e. The molecule has 0 fully saturated rings. The number of ether oxygens (including phenoxy) is 1. The first-order chi connectivity index (χ1) is 9.11. The van der Waals surface area contributed by atoms with Crippen LogP contribution in [0, 0.1) is 0 Å². The average Bonchev–Trinajstić information content (AvgIpc) is 2.43. The van der Waals surface area contributed by atoms with E-state index < -0.39 is 0 Å². The van der Waals surface area contributed by atoms with Gasteiger partial charge in [0, 0.05) is 14.5 Å². The maximum Gasteiger partial charge on any atom is 0.255 e. The Bertz CT molecular complexity index is 577. The highest BCUT2D eigenvalue weighted by Gasteiger charge is 2.12. The van der Waals surface area contributed by atoms with Gasteiger partial charge in [0.15, 0.2) is 0 Å². The maximum absolute atomic E-state index is 12.1. The van der Waals surface area contributed by atoms with E-state index in [9.17, 15) is 4.79 Å². The predicted molar refractivity (Wildman–Crippen MR) is 82.8 cm³/mol. The number of amides is 1. The first-order valence-corrected chi connectivity index (χ1v) is 7.10. The smallest absolute Gasteiger partial charge is 0.255 e. The number of nitrogens with one attached hydrogen (secondary N) is 1. The number of hydrogen-bond acceptors (Lipinski definition) is 2. The zero-order chi connectivity index (χ0) is 13.8. The van der Waals surface area contributed by atoms with Gasteiger partial charge in [-0.1, -0.05) is 18.2 Å². The van der Waals surface area contributed by atoms with Crippen molar-refractivity contribution in [3.8, 4) is 5.75 Å². The number of halogens is 2. The fourth-order valence-electron chi connectivity index (χ4n) is 1.56. The maximum atomic E-state index is 12.1. The summed E-state index contributed by atoms with van der Waals surface area (Å²) in [6, 6.07) is 12.6. The second kappa shape index (κ2) is 6.21. The van der Waals surface area contributed by atoms with E-state index >= 15 is 0 Å².